The number of rotatable bonds is 6. The second kappa shape index (κ2) is 7.09. The number of fused-ring (bicyclic) bond motifs is 1. The van der Waals surface area contributed by atoms with Crippen LogP contribution < -0.4 is 0 Å². The molecular weight excluding hydrogens is 330 g/mol. The van der Waals surface area contributed by atoms with Crippen LogP contribution in [0.25, 0.3) is 0 Å². The highest BCUT2D eigenvalue weighted by molar-refractivity contribution is 5.22. The van der Waals surface area contributed by atoms with Crippen LogP contribution in [0.15, 0.2) is 34.9 Å². The third kappa shape index (κ3) is 3.32. The summed E-state index contributed by atoms with van der Waals surface area (Å²) in [6, 6.07) is 7.97. The summed E-state index contributed by atoms with van der Waals surface area (Å²) in [4.78, 5) is 2.35. The molecule has 7 nitrogen and oxygen atoms in total. The Balaban J connectivity index is 1.45. The molecule has 0 saturated heterocycles. The lowest BCUT2D eigenvalue weighted by atomic mass is 10.1. The molecule has 0 fully saturated rings. The fourth-order valence-corrected chi connectivity index (χ4v) is 3.52. The zero-order chi connectivity index (χ0) is 18.1. The molecule has 0 amide bonds. The molecule has 0 radical (unpaired) electrons. The van der Waals surface area contributed by atoms with Gasteiger partial charge in [0.15, 0.2) is 0 Å². The van der Waals surface area contributed by atoms with E-state index < -0.39 is 6.10 Å². The van der Waals surface area contributed by atoms with E-state index >= 15 is 0 Å². The van der Waals surface area contributed by atoms with E-state index in [0.29, 0.717) is 5.69 Å². The largest absolute Gasteiger partial charge is 0.465 e. The van der Waals surface area contributed by atoms with Crippen LogP contribution in [0.2, 0.25) is 0 Å². The fraction of sp³-hybridized carbons (Fsp3) is 0.474. The Labute approximate surface area is 152 Å². The molecule has 0 saturated carbocycles. The summed E-state index contributed by atoms with van der Waals surface area (Å²) in [5.41, 5.74) is 2.54. The summed E-state index contributed by atoms with van der Waals surface area (Å²) in [5.74, 6) is 2.07. The van der Waals surface area contributed by atoms with Crippen LogP contribution in [0.5, 0.6) is 0 Å². The van der Waals surface area contributed by atoms with Crippen molar-refractivity contribution in [2.45, 2.75) is 45.5 Å². The van der Waals surface area contributed by atoms with Gasteiger partial charge in [0.1, 0.15) is 17.6 Å². The van der Waals surface area contributed by atoms with Crippen molar-refractivity contribution in [3.8, 4) is 0 Å². The normalized spacial score (nSPS) is 16.0. The predicted octanol–water partition coefficient (Wildman–Crippen LogP) is 2.26. The van der Waals surface area contributed by atoms with Gasteiger partial charge in [0, 0.05) is 32.8 Å². The van der Waals surface area contributed by atoms with Crippen LogP contribution in [-0.4, -0.2) is 36.1 Å². The molecular formula is C19H25N5O2. The Morgan fingerprint density at radius 3 is 2.85 bits per heavy atom. The minimum Gasteiger partial charge on any atom is -0.465 e. The van der Waals surface area contributed by atoms with Gasteiger partial charge >= 0.3 is 0 Å². The van der Waals surface area contributed by atoms with E-state index in [1.54, 1.807) is 10.9 Å². The van der Waals surface area contributed by atoms with Crippen LogP contribution in [0, 0.1) is 0 Å². The number of aromatic nitrogens is 4. The highest BCUT2D eigenvalue weighted by atomic mass is 16.3. The first-order valence-electron chi connectivity index (χ1n) is 9.16. The van der Waals surface area contributed by atoms with E-state index in [1.807, 2.05) is 23.9 Å². The van der Waals surface area contributed by atoms with E-state index in [0.717, 1.165) is 61.9 Å². The van der Waals surface area contributed by atoms with Crippen LogP contribution >= 0.6 is 0 Å². The van der Waals surface area contributed by atoms with Gasteiger partial charge in [0.05, 0.1) is 30.2 Å². The summed E-state index contributed by atoms with van der Waals surface area (Å²) in [7, 11) is 1.83. The third-order valence-corrected chi connectivity index (χ3v) is 4.91. The molecule has 0 unspecified atom stereocenters. The number of aliphatic hydroxyl groups is 1. The Bertz CT molecular complexity index is 878. The van der Waals surface area contributed by atoms with E-state index in [2.05, 4.69) is 34.2 Å². The van der Waals surface area contributed by atoms with Crippen molar-refractivity contribution in [2.24, 2.45) is 7.05 Å². The molecule has 26 heavy (non-hydrogen) atoms. The lowest BCUT2D eigenvalue weighted by Gasteiger charge is -2.26. The monoisotopic (exact) mass is 355 g/mol. The van der Waals surface area contributed by atoms with Crippen molar-refractivity contribution < 1.29 is 9.52 Å². The summed E-state index contributed by atoms with van der Waals surface area (Å²) in [5, 5.41) is 19.3. The zero-order valence-electron chi connectivity index (χ0n) is 15.3. The lowest BCUT2D eigenvalue weighted by Crippen LogP contribution is -2.33. The van der Waals surface area contributed by atoms with Gasteiger partial charge in [-0.1, -0.05) is 6.92 Å². The Hall–Kier alpha value is -2.38. The Morgan fingerprint density at radius 2 is 2.08 bits per heavy atom. The van der Waals surface area contributed by atoms with E-state index in [9.17, 15) is 5.11 Å². The number of furan rings is 1. The molecule has 1 atom stereocenters. The molecule has 138 valence electrons. The molecule has 7 heteroatoms. The first-order chi connectivity index (χ1) is 12.6. The average molecular weight is 355 g/mol. The highest BCUT2D eigenvalue weighted by Crippen LogP contribution is 2.24. The lowest BCUT2D eigenvalue weighted by molar-refractivity contribution is 0.186. The molecule has 1 aliphatic heterocycles. The number of aliphatic hydroxyl groups excluding tert-OH is 1. The quantitative estimate of drug-likeness (QED) is 0.734. The number of aryl methyl sites for hydroxylation is 2. The average Bonchev–Trinajstić information content (AvgIpc) is 3.34. The van der Waals surface area contributed by atoms with Crippen LogP contribution in [0.1, 0.15) is 48.1 Å². The summed E-state index contributed by atoms with van der Waals surface area (Å²) < 4.78 is 9.58. The van der Waals surface area contributed by atoms with Gasteiger partial charge in [-0.05, 0) is 30.7 Å². The smallest absolute Gasteiger partial charge is 0.139 e. The third-order valence-electron chi connectivity index (χ3n) is 4.91. The highest BCUT2D eigenvalue weighted by Gasteiger charge is 2.23. The van der Waals surface area contributed by atoms with Crippen LogP contribution in [-0.2, 0) is 33.1 Å². The van der Waals surface area contributed by atoms with Crippen molar-refractivity contribution in [1.82, 2.24) is 24.5 Å². The summed E-state index contributed by atoms with van der Waals surface area (Å²) in [6.07, 6.45) is 3.02. The maximum absolute atomic E-state index is 10.6. The second-order valence-corrected chi connectivity index (χ2v) is 6.89. The number of hydrogen-bond acceptors (Lipinski definition) is 5. The zero-order valence-corrected chi connectivity index (χ0v) is 15.3. The van der Waals surface area contributed by atoms with Crippen molar-refractivity contribution in [2.75, 3.05) is 6.54 Å². The first-order valence-corrected chi connectivity index (χ1v) is 9.16. The van der Waals surface area contributed by atoms with Gasteiger partial charge in [0.25, 0.3) is 0 Å². The minimum atomic E-state index is -0.754. The molecule has 0 spiro atoms. The number of nitrogens with zero attached hydrogens (tertiary/aromatic N) is 5. The maximum atomic E-state index is 10.6. The van der Waals surface area contributed by atoms with Crippen molar-refractivity contribution in [1.29, 1.82) is 0 Å². The van der Waals surface area contributed by atoms with E-state index in [4.69, 9.17) is 4.42 Å². The first kappa shape index (κ1) is 17.1. The maximum Gasteiger partial charge on any atom is 0.139 e. The molecule has 4 rings (SSSR count). The summed E-state index contributed by atoms with van der Waals surface area (Å²) >= 11 is 0. The molecule has 0 aromatic carbocycles. The molecule has 0 bridgehead atoms. The van der Waals surface area contributed by atoms with Gasteiger partial charge in [-0.25, -0.2) is 0 Å². The van der Waals surface area contributed by atoms with E-state index in [-0.39, 0.29) is 0 Å². The predicted molar refractivity (Wildman–Crippen MR) is 96.3 cm³/mol. The molecule has 3 aromatic heterocycles. The SMILES string of the molecule is CCCc1ccc(CN2CCn3nc([C@H](O)c4ccnn4C)cc3C2)o1. The number of hydrogen-bond donors (Lipinski definition) is 1. The van der Waals surface area contributed by atoms with Crippen molar-refractivity contribution in [3.63, 3.8) is 0 Å². The molecule has 3 aromatic rings. The fourth-order valence-electron chi connectivity index (χ4n) is 3.52. The Morgan fingerprint density at radius 1 is 1.23 bits per heavy atom. The van der Waals surface area contributed by atoms with Gasteiger partial charge in [-0.2, -0.15) is 10.2 Å². The Kier molecular flexibility index (Phi) is 4.65. The van der Waals surface area contributed by atoms with Crippen molar-refractivity contribution in [3.05, 3.63) is 59.1 Å². The molecule has 0 aliphatic carbocycles. The molecule has 1 N–H and O–H groups in total. The summed E-state index contributed by atoms with van der Waals surface area (Å²) in [6.45, 7) is 5.49. The van der Waals surface area contributed by atoms with Gasteiger partial charge in [0.2, 0.25) is 0 Å². The molecule has 1 aliphatic rings. The minimum absolute atomic E-state index is 0.675. The van der Waals surface area contributed by atoms with Gasteiger partial charge in [-0.3, -0.25) is 14.3 Å². The molecule has 4 heterocycles. The van der Waals surface area contributed by atoms with Gasteiger partial charge in [-0.15, -0.1) is 0 Å². The van der Waals surface area contributed by atoms with Crippen molar-refractivity contribution >= 4 is 0 Å². The standard InChI is InChI=1S/C19H25N5O2/c1-3-4-15-5-6-16(26-15)13-23-9-10-24-14(12-23)11-17(21-24)19(25)18-7-8-20-22(18)2/h5-8,11,19,25H,3-4,9-10,12-13H2,1-2H3/t19-/m0/s1. The van der Waals surface area contributed by atoms with E-state index in [1.165, 1.54) is 0 Å². The second-order valence-electron chi connectivity index (χ2n) is 6.89. The van der Waals surface area contributed by atoms with Gasteiger partial charge < -0.3 is 9.52 Å². The topological polar surface area (TPSA) is 72.2 Å². The van der Waals surface area contributed by atoms with Crippen LogP contribution in [0.3, 0.4) is 0 Å². The van der Waals surface area contributed by atoms with Crippen LogP contribution in [0.4, 0.5) is 0 Å².